The van der Waals surface area contributed by atoms with E-state index >= 15 is 0 Å². The Kier molecular flexibility index (Phi) is 13.6. The van der Waals surface area contributed by atoms with E-state index in [0.717, 1.165) is 25.7 Å². The summed E-state index contributed by atoms with van der Waals surface area (Å²) in [4.78, 5) is 23.2. The van der Waals surface area contributed by atoms with Crippen molar-refractivity contribution >= 4 is 21.8 Å². The van der Waals surface area contributed by atoms with Crippen LogP contribution in [-0.2, 0) is 28.9 Å². The van der Waals surface area contributed by atoms with Crippen LogP contribution in [0.3, 0.4) is 0 Å². The molecule has 0 aliphatic heterocycles. The third-order valence-electron chi connectivity index (χ3n) is 4.73. The molecule has 2 unspecified atom stereocenters. The maximum atomic E-state index is 13.3. The number of sulfone groups is 1. The van der Waals surface area contributed by atoms with Gasteiger partial charge in [0.2, 0.25) is 0 Å². The number of rotatable bonds is 16. The van der Waals surface area contributed by atoms with E-state index < -0.39 is 32.3 Å². The fourth-order valence-electron chi connectivity index (χ4n) is 2.89. The molecule has 0 heterocycles. The van der Waals surface area contributed by atoms with Crippen LogP contribution in [0.1, 0.15) is 79.1 Å². The molecule has 29 heavy (non-hydrogen) atoms. The smallest absolute Gasteiger partial charge is 0.333 e. The van der Waals surface area contributed by atoms with Crippen molar-refractivity contribution < 1.29 is 27.5 Å². The SMILES string of the molecule is C=C(C)C(=O)OCCC(CCCC)S(=O)(=O)C(CCCC)CCOC(=O)C(=C)C. The highest BCUT2D eigenvalue weighted by Gasteiger charge is 2.33. The molecule has 0 aromatic carbocycles. The summed E-state index contributed by atoms with van der Waals surface area (Å²) in [6.45, 7) is 14.3. The van der Waals surface area contributed by atoms with Crippen LogP contribution < -0.4 is 0 Å². The predicted octanol–water partition coefficient (Wildman–Crippen LogP) is 4.54. The topological polar surface area (TPSA) is 86.7 Å². The van der Waals surface area contributed by atoms with Crippen LogP contribution in [0.15, 0.2) is 24.3 Å². The molecule has 0 radical (unpaired) electrons. The molecule has 0 aromatic heterocycles. The first-order chi connectivity index (χ1) is 13.6. The molecule has 0 saturated heterocycles. The van der Waals surface area contributed by atoms with Gasteiger partial charge in [-0.25, -0.2) is 18.0 Å². The molecule has 168 valence electrons. The van der Waals surface area contributed by atoms with Gasteiger partial charge in [0.05, 0.1) is 23.7 Å². The number of unbranched alkanes of at least 4 members (excludes halogenated alkanes) is 2. The second-order valence-electron chi connectivity index (χ2n) is 7.53. The third-order valence-corrected chi connectivity index (χ3v) is 7.53. The van der Waals surface area contributed by atoms with Gasteiger partial charge in [-0.2, -0.15) is 0 Å². The van der Waals surface area contributed by atoms with Crippen molar-refractivity contribution in [3.05, 3.63) is 24.3 Å². The average molecular weight is 431 g/mol. The molecule has 0 aliphatic carbocycles. The molecule has 0 N–H and O–H groups in total. The van der Waals surface area contributed by atoms with E-state index in [-0.39, 0.29) is 37.2 Å². The van der Waals surface area contributed by atoms with Crippen LogP contribution >= 0.6 is 0 Å². The van der Waals surface area contributed by atoms with E-state index in [4.69, 9.17) is 9.47 Å². The minimum Gasteiger partial charge on any atom is -0.462 e. The Morgan fingerprint density at radius 2 is 1.10 bits per heavy atom. The molecule has 0 spiro atoms. The van der Waals surface area contributed by atoms with Gasteiger partial charge in [-0.3, -0.25) is 0 Å². The first-order valence-corrected chi connectivity index (χ1v) is 12.1. The summed E-state index contributed by atoms with van der Waals surface area (Å²) in [5.74, 6) is -1.02. The standard InChI is InChI=1S/C22H38O6S/c1-7-9-11-19(13-15-27-21(23)17(3)4)29(25,26)20(12-10-8-2)14-16-28-22(24)18(5)6/h19-20H,3,5,7-16H2,1-2,4,6H3. The zero-order valence-electron chi connectivity index (χ0n) is 18.5. The second kappa shape index (κ2) is 14.4. The van der Waals surface area contributed by atoms with E-state index in [1.807, 2.05) is 13.8 Å². The third kappa shape index (κ3) is 10.6. The minimum atomic E-state index is -3.47. The Morgan fingerprint density at radius 1 is 0.759 bits per heavy atom. The van der Waals surface area contributed by atoms with Gasteiger partial charge in [0.25, 0.3) is 0 Å². The molecule has 0 aliphatic rings. The molecule has 0 fully saturated rings. The van der Waals surface area contributed by atoms with Crippen LogP contribution in [-0.4, -0.2) is 44.1 Å². The Labute approximate surface area is 176 Å². The molecule has 0 amide bonds. The maximum absolute atomic E-state index is 13.3. The summed E-state index contributed by atoms with van der Waals surface area (Å²) in [7, 11) is -3.47. The van der Waals surface area contributed by atoms with E-state index in [9.17, 15) is 18.0 Å². The van der Waals surface area contributed by atoms with E-state index in [0.29, 0.717) is 12.8 Å². The van der Waals surface area contributed by atoms with Crippen molar-refractivity contribution in [1.29, 1.82) is 0 Å². The molecule has 0 aromatic rings. The number of hydrogen-bond acceptors (Lipinski definition) is 6. The lowest BCUT2D eigenvalue weighted by atomic mass is 10.1. The number of carbonyl (C=O) groups excluding carboxylic acids is 2. The van der Waals surface area contributed by atoms with E-state index in [1.165, 1.54) is 0 Å². The van der Waals surface area contributed by atoms with E-state index in [1.54, 1.807) is 13.8 Å². The highest BCUT2D eigenvalue weighted by molar-refractivity contribution is 7.92. The average Bonchev–Trinajstić information content (AvgIpc) is 2.65. The van der Waals surface area contributed by atoms with Crippen LogP contribution in [0, 0.1) is 0 Å². The van der Waals surface area contributed by atoms with Crippen molar-refractivity contribution in [2.75, 3.05) is 13.2 Å². The van der Waals surface area contributed by atoms with Crippen LogP contribution in [0.5, 0.6) is 0 Å². The first kappa shape index (κ1) is 27.4. The summed E-state index contributed by atoms with van der Waals surface area (Å²) < 4.78 is 36.9. The molecule has 0 bridgehead atoms. The summed E-state index contributed by atoms with van der Waals surface area (Å²) in [6.07, 6.45) is 4.90. The van der Waals surface area contributed by atoms with Crippen LogP contribution in [0.25, 0.3) is 0 Å². The summed E-state index contributed by atoms with van der Waals surface area (Å²) in [6, 6.07) is 0. The number of ether oxygens (including phenoxy) is 2. The molecular formula is C22H38O6S. The highest BCUT2D eigenvalue weighted by Crippen LogP contribution is 2.25. The van der Waals surface area contributed by atoms with Gasteiger partial charge in [0, 0.05) is 11.1 Å². The predicted molar refractivity (Wildman–Crippen MR) is 116 cm³/mol. The normalized spacial score (nSPS) is 13.4. The fourth-order valence-corrected chi connectivity index (χ4v) is 5.28. The van der Waals surface area contributed by atoms with Crippen LogP contribution in [0.2, 0.25) is 0 Å². The largest absolute Gasteiger partial charge is 0.462 e. The number of esters is 2. The van der Waals surface area contributed by atoms with Crippen LogP contribution in [0.4, 0.5) is 0 Å². The summed E-state index contributed by atoms with van der Waals surface area (Å²) >= 11 is 0. The van der Waals surface area contributed by atoms with Gasteiger partial charge >= 0.3 is 11.9 Å². The summed E-state index contributed by atoms with van der Waals surface area (Å²) in [5.41, 5.74) is 0.580. The van der Waals surface area contributed by atoms with Gasteiger partial charge in [-0.15, -0.1) is 0 Å². The van der Waals surface area contributed by atoms with Crippen molar-refractivity contribution in [3.63, 3.8) is 0 Å². The molecule has 6 nitrogen and oxygen atoms in total. The number of carbonyl (C=O) groups is 2. The zero-order valence-corrected chi connectivity index (χ0v) is 19.3. The number of hydrogen-bond donors (Lipinski definition) is 0. The quantitative estimate of drug-likeness (QED) is 0.264. The van der Waals surface area contributed by atoms with Gasteiger partial charge in [0.1, 0.15) is 0 Å². The lowest BCUT2D eigenvalue weighted by Crippen LogP contribution is -2.34. The molecule has 0 rings (SSSR count). The van der Waals surface area contributed by atoms with Crippen molar-refractivity contribution in [2.24, 2.45) is 0 Å². The highest BCUT2D eigenvalue weighted by atomic mass is 32.2. The first-order valence-electron chi connectivity index (χ1n) is 10.5. The molecule has 2 atom stereocenters. The van der Waals surface area contributed by atoms with Gasteiger partial charge < -0.3 is 9.47 Å². The minimum absolute atomic E-state index is 0.0461. The Hall–Kier alpha value is -1.63. The summed E-state index contributed by atoms with van der Waals surface area (Å²) in [5, 5.41) is -1.17. The second-order valence-corrected chi connectivity index (χ2v) is 10.0. The Balaban J connectivity index is 5.21. The Bertz CT molecular complexity index is 600. The zero-order chi connectivity index (χ0) is 22.4. The Morgan fingerprint density at radius 3 is 1.38 bits per heavy atom. The fraction of sp³-hybridized carbons (Fsp3) is 0.727. The van der Waals surface area contributed by atoms with Gasteiger partial charge in [-0.05, 0) is 39.5 Å². The van der Waals surface area contributed by atoms with E-state index in [2.05, 4.69) is 13.2 Å². The monoisotopic (exact) mass is 430 g/mol. The maximum Gasteiger partial charge on any atom is 0.333 e. The van der Waals surface area contributed by atoms with Gasteiger partial charge in [0.15, 0.2) is 9.84 Å². The van der Waals surface area contributed by atoms with Crippen molar-refractivity contribution in [1.82, 2.24) is 0 Å². The lowest BCUT2D eigenvalue weighted by Gasteiger charge is -2.24. The molecular weight excluding hydrogens is 392 g/mol. The van der Waals surface area contributed by atoms with Gasteiger partial charge in [-0.1, -0.05) is 52.7 Å². The molecule has 7 heteroatoms. The molecule has 0 saturated carbocycles. The lowest BCUT2D eigenvalue weighted by molar-refractivity contribution is -0.139. The van der Waals surface area contributed by atoms with Crippen molar-refractivity contribution in [2.45, 2.75) is 89.6 Å². The van der Waals surface area contributed by atoms with Crippen molar-refractivity contribution in [3.8, 4) is 0 Å².